The molecule has 3 aromatic rings. The van der Waals surface area contributed by atoms with Crippen LogP contribution in [0.15, 0.2) is 54.6 Å². The number of hydrogen-bond donors (Lipinski definition) is 0. The van der Waals surface area contributed by atoms with Gasteiger partial charge in [0.05, 0.1) is 5.56 Å². The Morgan fingerprint density at radius 3 is 2.06 bits per heavy atom. The normalized spacial score (nSPS) is 13.7. The van der Waals surface area contributed by atoms with Crippen molar-refractivity contribution in [3.63, 3.8) is 0 Å². The van der Waals surface area contributed by atoms with Crippen molar-refractivity contribution in [3.05, 3.63) is 77.1 Å². The molecule has 0 spiro atoms. The molecule has 1 heterocycles. The Hall–Kier alpha value is -2.75. The highest BCUT2D eigenvalue weighted by Crippen LogP contribution is 2.49. The smallest absolute Gasteiger partial charge is 0.425 e. The van der Waals surface area contributed by atoms with E-state index in [1.165, 1.54) is 37.3 Å². The average molecular weight is 481 g/mol. The fourth-order valence-corrected chi connectivity index (χ4v) is 4.85. The number of unbranched alkanes of at least 4 members (excludes halogenated alkanes) is 6. The molecule has 1 aliphatic heterocycles. The van der Waals surface area contributed by atoms with Gasteiger partial charge in [-0.05, 0) is 59.6 Å². The summed E-state index contributed by atoms with van der Waals surface area (Å²) in [5.41, 5.74) is 3.74. The van der Waals surface area contributed by atoms with Gasteiger partial charge in [-0.15, -0.1) is 0 Å². The molecule has 0 unspecified atom stereocenters. The van der Waals surface area contributed by atoms with E-state index in [1.54, 1.807) is 18.2 Å². The van der Waals surface area contributed by atoms with Gasteiger partial charge in [-0.2, -0.15) is 8.78 Å². The summed E-state index contributed by atoms with van der Waals surface area (Å²) in [7, 11) is 0. The SMILES string of the molecule is CCCCCCCc1ccc(-c2ccc3c(c2)C(F)(F)Oc2c-3ccc(CCCCC)c2F)cc1. The van der Waals surface area contributed by atoms with Crippen molar-refractivity contribution < 1.29 is 17.9 Å². The maximum absolute atomic E-state index is 15.1. The number of ether oxygens (including phenoxy) is 1. The topological polar surface area (TPSA) is 9.23 Å². The van der Waals surface area contributed by atoms with Gasteiger partial charge in [0.1, 0.15) is 0 Å². The molecular formula is C31H35F3O. The van der Waals surface area contributed by atoms with Crippen molar-refractivity contribution in [2.24, 2.45) is 0 Å². The fourth-order valence-electron chi connectivity index (χ4n) is 4.85. The highest BCUT2D eigenvalue weighted by molar-refractivity contribution is 5.80. The molecule has 3 aromatic carbocycles. The fraction of sp³-hybridized carbons (Fsp3) is 0.419. The van der Waals surface area contributed by atoms with Gasteiger partial charge in [0, 0.05) is 5.56 Å². The molecule has 1 nitrogen and oxygen atoms in total. The second kappa shape index (κ2) is 11.3. The molecular weight excluding hydrogens is 445 g/mol. The number of halogens is 3. The Labute approximate surface area is 207 Å². The Bertz CT molecular complexity index is 1130. The lowest BCUT2D eigenvalue weighted by atomic mass is 9.90. The van der Waals surface area contributed by atoms with Gasteiger partial charge in [-0.1, -0.05) is 101 Å². The number of hydrogen-bond acceptors (Lipinski definition) is 1. The minimum absolute atomic E-state index is 0.222. The maximum Gasteiger partial charge on any atom is 0.427 e. The second-order valence-electron chi connectivity index (χ2n) is 9.61. The number of benzene rings is 3. The van der Waals surface area contributed by atoms with Gasteiger partial charge < -0.3 is 4.74 Å². The van der Waals surface area contributed by atoms with Gasteiger partial charge in [0.2, 0.25) is 0 Å². The molecule has 1 aliphatic rings. The Balaban J connectivity index is 1.56. The van der Waals surface area contributed by atoms with Crippen molar-refractivity contribution in [2.75, 3.05) is 0 Å². The zero-order chi connectivity index (χ0) is 24.8. The highest BCUT2D eigenvalue weighted by atomic mass is 19.3. The van der Waals surface area contributed by atoms with E-state index in [-0.39, 0.29) is 11.3 Å². The first-order chi connectivity index (χ1) is 16.9. The molecule has 35 heavy (non-hydrogen) atoms. The minimum atomic E-state index is -3.60. The summed E-state index contributed by atoms with van der Waals surface area (Å²) in [6.45, 7) is 4.28. The molecule has 0 fully saturated rings. The highest BCUT2D eigenvalue weighted by Gasteiger charge is 2.43. The molecule has 0 aromatic heterocycles. The van der Waals surface area contributed by atoms with E-state index in [9.17, 15) is 0 Å². The first-order valence-corrected chi connectivity index (χ1v) is 13.1. The van der Waals surface area contributed by atoms with Gasteiger partial charge in [0.25, 0.3) is 0 Å². The van der Waals surface area contributed by atoms with Crippen LogP contribution >= 0.6 is 0 Å². The van der Waals surface area contributed by atoms with E-state index in [4.69, 9.17) is 4.74 Å². The van der Waals surface area contributed by atoms with Gasteiger partial charge in [0.15, 0.2) is 11.6 Å². The number of rotatable bonds is 11. The van der Waals surface area contributed by atoms with Crippen molar-refractivity contribution in [2.45, 2.75) is 84.2 Å². The first kappa shape index (κ1) is 25.3. The summed E-state index contributed by atoms with van der Waals surface area (Å²) in [5.74, 6) is -1.01. The quantitative estimate of drug-likeness (QED) is 0.248. The van der Waals surface area contributed by atoms with E-state index >= 15 is 13.2 Å². The number of fused-ring (bicyclic) bond motifs is 3. The largest absolute Gasteiger partial charge is 0.427 e. The molecule has 4 heteroatoms. The second-order valence-corrected chi connectivity index (χ2v) is 9.61. The van der Waals surface area contributed by atoms with Crippen molar-refractivity contribution in [1.29, 1.82) is 0 Å². The van der Waals surface area contributed by atoms with E-state index in [1.807, 2.05) is 18.2 Å². The summed E-state index contributed by atoms with van der Waals surface area (Å²) in [6, 6.07) is 16.5. The molecule has 0 aliphatic carbocycles. The van der Waals surface area contributed by atoms with Gasteiger partial charge >= 0.3 is 6.11 Å². The minimum Gasteiger partial charge on any atom is -0.425 e. The zero-order valence-corrected chi connectivity index (χ0v) is 20.8. The Morgan fingerprint density at radius 1 is 0.686 bits per heavy atom. The number of alkyl halides is 2. The molecule has 0 saturated carbocycles. The van der Waals surface area contributed by atoms with Crippen LogP contribution < -0.4 is 4.74 Å². The van der Waals surface area contributed by atoms with Crippen LogP contribution in [-0.2, 0) is 19.0 Å². The van der Waals surface area contributed by atoms with Crippen molar-refractivity contribution >= 4 is 0 Å². The standard InChI is InChI=1S/C31H35F3O/c1-3-5-7-8-10-11-22-13-15-23(16-14-22)25-18-19-26-27-20-17-24(12-9-6-4-2)29(32)30(27)35-31(33,34)28(26)21-25/h13-21H,3-12H2,1-2H3. The molecule has 0 radical (unpaired) electrons. The summed E-state index contributed by atoms with van der Waals surface area (Å²) >= 11 is 0. The zero-order valence-electron chi connectivity index (χ0n) is 20.8. The monoisotopic (exact) mass is 480 g/mol. The van der Waals surface area contributed by atoms with Crippen LogP contribution in [0.4, 0.5) is 13.2 Å². The molecule has 0 bridgehead atoms. The summed E-state index contributed by atoms with van der Waals surface area (Å²) in [6.07, 6.45) is 6.94. The molecule has 4 rings (SSSR count). The van der Waals surface area contributed by atoms with Crippen LogP contribution in [0.3, 0.4) is 0 Å². The van der Waals surface area contributed by atoms with E-state index in [2.05, 4.69) is 26.0 Å². The molecule has 0 N–H and O–H groups in total. The van der Waals surface area contributed by atoms with Crippen LogP contribution in [0.2, 0.25) is 0 Å². The lowest BCUT2D eigenvalue weighted by Gasteiger charge is -2.29. The van der Waals surface area contributed by atoms with Crippen molar-refractivity contribution in [1.82, 2.24) is 0 Å². The van der Waals surface area contributed by atoms with E-state index in [0.29, 0.717) is 28.7 Å². The lowest BCUT2D eigenvalue weighted by molar-refractivity contribution is -0.188. The average Bonchev–Trinajstić information content (AvgIpc) is 2.86. The van der Waals surface area contributed by atoms with Gasteiger partial charge in [-0.25, -0.2) is 4.39 Å². The molecule has 0 amide bonds. The first-order valence-electron chi connectivity index (χ1n) is 13.1. The summed E-state index contributed by atoms with van der Waals surface area (Å²) < 4.78 is 50.3. The van der Waals surface area contributed by atoms with Crippen molar-refractivity contribution in [3.8, 4) is 28.0 Å². The summed E-state index contributed by atoms with van der Waals surface area (Å²) in [5, 5.41) is 0. The maximum atomic E-state index is 15.1. The molecule has 0 saturated heterocycles. The third kappa shape index (κ3) is 5.74. The Kier molecular flexibility index (Phi) is 8.20. The predicted octanol–water partition coefficient (Wildman–Crippen LogP) is 9.85. The van der Waals surface area contributed by atoms with E-state index < -0.39 is 11.9 Å². The number of aryl methyl sites for hydroxylation is 2. The van der Waals surface area contributed by atoms with Crippen LogP contribution in [0.1, 0.15) is 81.9 Å². The van der Waals surface area contributed by atoms with Crippen LogP contribution in [-0.4, -0.2) is 0 Å². The van der Waals surface area contributed by atoms with E-state index in [0.717, 1.165) is 37.7 Å². The third-order valence-electron chi connectivity index (χ3n) is 6.94. The Morgan fingerprint density at radius 2 is 1.31 bits per heavy atom. The predicted molar refractivity (Wildman–Crippen MR) is 137 cm³/mol. The van der Waals surface area contributed by atoms with Crippen LogP contribution in [0, 0.1) is 5.82 Å². The third-order valence-corrected chi connectivity index (χ3v) is 6.94. The molecule has 0 atom stereocenters. The summed E-state index contributed by atoms with van der Waals surface area (Å²) in [4.78, 5) is 0. The van der Waals surface area contributed by atoms with Crippen LogP contribution in [0.25, 0.3) is 22.3 Å². The molecule has 186 valence electrons. The van der Waals surface area contributed by atoms with Gasteiger partial charge in [-0.3, -0.25) is 0 Å². The van der Waals surface area contributed by atoms with Crippen LogP contribution in [0.5, 0.6) is 5.75 Å². The lowest BCUT2D eigenvalue weighted by Crippen LogP contribution is -2.27.